The number of aromatic nitrogens is 2. The minimum atomic E-state index is -0.944. The van der Waals surface area contributed by atoms with E-state index >= 15 is 0 Å². The first-order valence-corrected chi connectivity index (χ1v) is 13.4. The van der Waals surface area contributed by atoms with Crippen molar-refractivity contribution in [2.45, 2.75) is 44.7 Å². The smallest absolute Gasteiger partial charge is 0.338 e. The summed E-state index contributed by atoms with van der Waals surface area (Å²) in [6.45, 7) is 8.21. The Bertz CT molecular complexity index is 1190. The normalized spacial score (nSPS) is 22.3. The molecule has 0 radical (unpaired) electrons. The Hall–Kier alpha value is -3.28. The fraction of sp³-hybridized carbons (Fsp3) is 0.556. The molecule has 11 heteroatoms. The van der Waals surface area contributed by atoms with Crippen LogP contribution >= 0.6 is 0 Å². The summed E-state index contributed by atoms with van der Waals surface area (Å²) in [4.78, 5) is 45.1. The fourth-order valence-corrected chi connectivity index (χ4v) is 5.03. The molecule has 0 spiro atoms. The van der Waals surface area contributed by atoms with Gasteiger partial charge in [0.15, 0.2) is 0 Å². The number of nitrogens with zero attached hydrogens (tertiary/aromatic N) is 5. The zero-order valence-electron chi connectivity index (χ0n) is 22.7. The highest BCUT2D eigenvalue weighted by Crippen LogP contribution is 2.18. The summed E-state index contributed by atoms with van der Waals surface area (Å²) in [6, 6.07) is 9.54. The molecule has 2 aliphatic rings. The number of anilines is 1. The molecular formula is C27H41N8O3+. The number of likely N-dealkylation sites (tertiary alicyclic amines) is 1. The van der Waals surface area contributed by atoms with Gasteiger partial charge in [-0.15, -0.1) is 0 Å². The minimum Gasteiger partial charge on any atom is -0.338 e. The maximum absolute atomic E-state index is 12.7. The molecular weight excluding hydrogens is 484 g/mol. The van der Waals surface area contributed by atoms with Gasteiger partial charge in [-0.05, 0) is 37.6 Å². The zero-order chi connectivity index (χ0) is 27.5. The van der Waals surface area contributed by atoms with Crippen LogP contribution in [0.25, 0.3) is 5.69 Å². The molecule has 2 fully saturated rings. The summed E-state index contributed by atoms with van der Waals surface area (Å²) in [7, 11) is 2.30. The number of nitrogens with one attached hydrogen (secondary N) is 1. The number of hydrogen-bond donors (Lipinski definition) is 3. The molecule has 2 saturated heterocycles. The Kier molecular flexibility index (Phi) is 8.19. The molecule has 3 heterocycles. The molecule has 11 nitrogen and oxygen atoms in total. The van der Waals surface area contributed by atoms with Gasteiger partial charge in [0.05, 0.1) is 37.9 Å². The van der Waals surface area contributed by atoms with E-state index in [1.54, 1.807) is 35.9 Å². The van der Waals surface area contributed by atoms with Gasteiger partial charge >= 0.3 is 11.7 Å². The topological polar surface area (TPSA) is 140 Å². The molecule has 0 unspecified atom stereocenters. The monoisotopic (exact) mass is 525 g/mol. The van der Waals surface area contributed by atoms with E-state index in [2.05, 4.69) is 29.5 Å². The summed E-state index contributed by atoms with van der Waals surface area (Å²) in [5.74, 6) is 0.0476. The highest BCUT2D eigenvalue weighted by molar-refractivity contribution is 5.89. The molecule has 0 saturated carbocycles. The Labute approximate surface area is 224 Å². The second-order valence-electron chi connectivity index (χ2n) is 11.4. The van der Waals surface area contributed by atoms with Crippen LogP contribution in [0.4, 0.5) is 10.6 Å². The quantitative estimate of drug-likeness (QED) is 0.476. The second kappa shape index (κ2) is 11.2. The summed E-state index contributed by atoms with van der Waals surface area (Å²) in [6.07, 6.45) is 4.74. The maximum atomic E-state index is 12.7. The number of likely N-dealkylation sites (N-methyl/N-ethyl adjacent to an activating group) is 1. The van der Waals surface area contributed by atoms with Crippen molar-refractivity contribution in [2.75, 3.05) is 58.2 Å². The standard InChI is InChI=1S/C27H40N8O3/c1-27(2,29)24(36)32-13-15-33(16-14-32)25(37)30-23-8-12-34(26(38)31-23)22-6-4-20(5-7-22)9-17-35(3)18-10-21(28)11-19-35/h4-8,12,21H,9-11,13-19,28-29H2,1-3H3/p+1. The number of nitrogens with two attached hydrogens (primary N) is 2. The number of carbonyl (C=O) groups is 2. The van der Waals surface area contributed by atoms with Gasteiger partial charge in [-0.2, -0.15) is 4.98 Å². The van der Waals surface area contributed by atoms with Gasteiger partial charge in [-0.1, -0.05) is 12.1 Å². The van der Waals surface area contributed by atoms with Crippen LogP contribution in [0.5, 0.6) is 0 Å². The van der Waals surface area contributed by atoms with E-state index in [4.69, 9.17) is 11.5 Å². The Morgan fingerprint density at radius 1 is 1.05 bits per heavy atom. The van der Waals surface area contributed by atoms with Gasteiger partial charge in [0.1, 0.15) is 5.82 Å². The highest BCUT2D eigenvalue weighted by Gasteiger charge is 2.31. The average Bonchev–Trinajstić information content (AvgIpc) is 2.89. The number of benzene rings is 1. The number of quaternary nitrogens is 1. The van der Waals surface area contributed by atoms with Crippen molar-refractivity contribution in [1.29, 1.82) is 0 Å². The van der Waals surface area contributed by atoms with E-state index in [0.29, 0.717) is 32.2 Å². The van der Waals surface area contributed by atoms with E-state index < -0.39 is 11.2 Å². The van der Waals surface area contributed by atoms with Gasteiger partial charge in [-0.3, -0.25) is 14.7 Å². The molecule has 0 atom stereocenters. The van der Waals surface area contributed by atoms with Crippen molar-refractivity contribution in [3.63, 3.8) is 0 Å². The van der Waals surface area contributed by atoms with Gasteiger partial charge in [0.2, 0.25) is 5.91 Å². The van der Waals surface area contributed by atoms with E-state index in [9.17, 15) is 14.4 Å². The number of rotatable bonds is 6. The zero-order valence-corrected chi connectivity index (χ0v) is 22.7. The average molecular weight is 526 g/mol. The van der Waals surface area contributed by atoms with Crippen molar-refractivity contribution in [3.05, 3.63) is 52.6 Å². The molecule has 38 heavy (non-hydrogen) atoms. The van der Waals surface area contributed by atoms with Crippen molar-refractivity contribution >= 4 is 17.8 Å². The Balaban J connectivity index is 1.31. The minimum absolute atomic E-state index is 0.140. The molecule has 206 valence electrons. The van der Waals surface area contributed by atoms with Crippen LogP contribution in [-0.4, -0.2) is 100 Å². The lowest BCUT2D eigenvalue weighted by Crippen LogP contribution is -2.58. The lowest BCUT2D eigenvalue weighted by atomic mass is 10.0. The number of piperazine rings is 1. The lowest BCUT2D eigenvalue weighted by molar-refractivity contribution is -0.914. The van der Waals surface area contributed by atoms with E-state index in [0.717, 1.165) is 49.1 Å². The van der Waals surface area contributed by atoms with Gasteiger partial charge in [0.25, 0.3) is 0 Å². The van der Waals surface area contributed by atoms with Crippen molar-refractivity contribution < 1.29 is 14.1 Å². The van der Waals surface area contributed by atoms with E-state index in [1.165, 1.54) is 10.1 Å². The highest BCUT2D eigenvalue weighted by atomic mass is 16.2. The first-order chi connectivity index (χ1) is 17.9. The van der Waals surface area contributed by atoms with Crippen LogP contribution in [0.15, 0.2) is 41.3 Å². The number of hydrogen-bond acceptors (Lipinski definition) is 6. The Morgan fingerprint density at radius 2 is 1.66 bits per heavy atom. The molecule has 0 bridgehead atoms. The summed E-state index contributed by atoms with van der Waals surface area (Å²) < 4.78 is 2.50. The number of amides is 3. The van der Waals surface area contributed by atoms with Gasteiger partial charge in [-0.25, -0.2) is 9.59 Å². The first kappa shape index (κ1) is 27.7. The molecule has 5 N–H and O–H groups in total. The number of carbonyl (C=O) groups excluding carboxylic acids is 2. The van der Waals surface area contributed by atoms with Crippen molar-refractivity contribution in [1.82, 2.24) is 19.4 Å². The molecule has 4 rings (SSSR count). The molecule has 2 aromatic rings. The van der Waals surface area contributed by atoms with Gasteiger partial charge in [0, 0.05) is 57.7 Å². The summed E-state index contributed by atoms with van der Waals surface area (Å²) >= 11 is 0. The van der Waals surface area contributed by atoms with E-state index in [-0.39, 0.29) is 17.8 Å². The maximum Gasteiger partial charge on any atom is 0.354 e. The SMILES string of the molecule is CC(C)(N)C(=O)N1CCN(C(=O)Nc2ccn(-c3ccc(CC[N+]4(C)CCC(N)CC4)cc3)c(=O)n2)CC1. The molecule has 1 aromatic heterocycles. The third kappa shape index (κ3) is 6.77. The van der Waals surface area contributed by atoms with E-state index in [1.807, 2.05) is 12.1 Å². The fourth-order valence-electron chi connectivity index (χ4n) is 5.03. The molecule has 3 amide bonds. The third-order valence-corrected chi connectivity index (χ3v) is 7.68. The Morgan fingerprint density at radius 3 is 2.24 bits per heavy atom. The van der Waals surface area contributed by atoms with Crippen molar-refractivity contribution in [2.24, 2.45) is 11.5 Å². The van der Waals surface area contributed by atoms with Gasteiger partial charge < -0.3 is 25.8 Å². The third-order valence-electron chi connectivity index (χ3n) is 7.68. The number of urea groups is 1. The molecule has 0 aliphatic carbocycles. The predicted octanol–water partition coefficient (Wildman–Crippen LogP) is 0.756. The second-order valence-corrected chi connectivity index (χ2v) is 11.4. The van der Waals surface area contributed by atoms with Crippen LogP contribution in [0.1, 0.15) is 32.3 Å². The number of piperidine rings is 1. The van der Waals surface area contributed by atoms with Crippen LogP contribution in [0, 0.1) is 0 Å². The summed E-state index contributed by atoms with van der Waals surface area (Å²) in [5.41, 5.74) is 12.5. The van der Waals surface area contributed by atoms with Crippen LogP contribution in [-0.2, 0) is 11.2 Å². The van der Waals surface area contributed by atoms with Crippen LogP contribution < -0.4 is 22.5 Å². The van der Waals surface area contributed by atoms with Crippen LogP contribution in [0.2, 0.25) is 0 Å². The summed E-state index contributed by atoms with van der Waals surface area (Å²) in [5, 5.41) is 2.69. The molecule has 1 aromatic carbocycles. The predicted molar refractivity (Wildman–Crippen MR) is 147 cm³/mol. The molecule has 2 aliphatic heterocycles. The lowest BCUT2D eigenvalue weighted by Gasteiger charge is -2.39. The largest absolute Gasteiger partial charge is 0.354 e. The van der Waals surface area contributed by atoms with Crippen LogP contribution in [0.3, 0.4) is 0 Å². The van der Waals surface area contributed by atoms with Crippen molar-refractivity contribution in [3.8, 4) is 5.69 Å². The first-order valence-electron chi connectivity index (χ1n) is 13.4.